The molecule has 0 unspecified atom stereocenters. The maximum absolute atomic E-state index is 6.07. The van der Waals surface area contributed by atoms with E-state index in [-0.39, 0.29) is 5.54 Å². The van der Waals surface area contributed by atoms with Crippen molar-refractivity contribution in [3.8, 4) is 0 Å². The predicted molar refractivity (Wildman–Crippen MR) is 58.4 cm³/mol. The van der Waals surface area contributed by atoms with Crippen LogP contribution in [0.2, 0.25) is 0 Å². The van der Waals surface area contributed by atoms with Gasteiger partial charge in [-0.1, -0.05) is 0 Å². The summed E-state index contributed by atoms with van der Waals surface area (Å²) in [5, 5.41) is 4.40. The number of thioether (sulfide) groups is 1. The Bertz CT molecular complexity index is 339. The van der Waals surface area contributed by atoms with Crippen molar-refractivity contribution in [2.24, 2.45) is 5.73 Å². The Labute approximate surface area is 88.0 Å². The van der Waals surface area contributed by atoms with E-state index < -0.39 is 0 Å². The quantitative estimate of drug-likeness (QED) is 0.813. The molecule has 4 heteroatoms. The second-order valence-corrected chi connectivity index (χ2v) is 5.63. The molecule has 14 heavy (non-hydrogen) atoms. The summed E-state index contributed by atoms with van der Waals surface area (Å²) < 4.78 is 2.11. The normalized spacial score (nSPS) is 24.6. The topological polar surface area (TPSA) is 43.8 Å². The maximum atomic E-state index is 6.07. The van der Waals surface area contributed by atoms with Crippen LogP contribution in [-0.4, -0.2) is 26.8 Å². The lowest BCUT2D eigenvalue weighted by molar-refractivity contribution is 0.526. The summed E-state index contributed by atoms with van der Waals surface area (Å²) in [4.78, 5) is 0. The van der Waals surface area contributed by atoms with Crippen LogP contribution < -0.4 is 5.73 Å². The second kappa shape index (κ2) is 3.00. The highest BCUT2D eigenvalue weighted by Crippen LogP contribution is 2.36. The van der Waals surface area contributed by atoms with Gasteiger partial charge in [0.15, 0.2) is 0 Å². The van der Waals surface area contributed by atoms with Gasteiger partial charge >= 0.3 is 0 Å². The molecule has 3 rings (SSSR count). The van der Waals surface area contributed by atoms with Gasteiger partial charge in [-0.05, 0) is 24.8 Å². The van der Waals surface area contributed by atoms with Gasteiger partial charge in [-0.3, -0.25) is 4.68 Å². The first-order valence-corrected chi connectivity index (χ1v) is 6.30. The molecule has 0 atom stereocenters. The van der Waals surface area contributed by atoms with Crippen LogP contribution in [0.5, 0.6) is 0 Å². The van der Waals surface area contributed by atoms with Crippen molar-refractivity contribution in [3.63, 3.8) is 0 Å². The average Bonchev–Trinajstić information content (AvgIpc) is 2.57. The molecule has 1 saturated carbocycles. The summed E-state index contributed by atoms with van der Waals surface area (Å²) >= 11 is 1.99. The van der Waals surface area contributed by atoms with Crippen molar-refractivity contribution in [2.75, 3.05) is 11.5 Å². The third-order valence-corrected chi connectivity index (χ3v) is 4.34. The molecule has 0 radical (unpaired) electrons. The lowest BCUT2D eigenvalue weighted by Gasteiger charge is -2.24. The predicted octanol–water partition coefficient (Wildman–Crippen LogP) is 1.20. The fourth-order valence-corrected chi connectivity index (χ4v) is 2.54. The average molecular weight is 209 g/mol. The van der Waals surface area contributed by atoms with Gasteiger partial charge in [0.25, 0.3) is 0 Å². The first kappa shape index (κ1) is 8.80. The van der Waals surface area contributed by atoms with Gasteiger partial charge in [0.2, 0.25) is 0 Å². The molecule has 1 aromatic heterocycles. The van der Waals surface area contributed by atoms with E-state index in [0.717, 1.165) is 6.42 Å². The Morgan fingerprint density at radius 2 is 2.36 bits per heavy atom. The standard InChI is InChI=1S/C10H15N3S/c11-10(1-2-10)3-8-4-12-13(5-8)9-6-14-7-9/h4-5,9H,1-3,6-7,11H2. The molecule has 2 N–H and O–H groups in total. The first-order valence-electron chi connectivity index (χ1n) is 5.15. The molecule has 0 aromatic carbocycles. The van der Waals surface area contributed by atoms with Crippen molar-refractivity contribution in [2.45, 2.75) is 30.8 Å². The molecule has 1 aliphatic carbocycles. The zero-order valence-corrected chi connectivity index (χ0v) is 8.96. The van der Waals surface area contributed by atoms with E-state index in [1.54, 1.807) is 0 Å². The van der Waals surface area contributed by atoms with Gasteiger partial charge in [0.05, 0.1) is 12.2 Å². The smallest absolute Gasteiger partial charge is 0.0699 e. The van der Waals surface area contributed by atoms with E-state index in [1.807, 2.05) is 18.0 Å². The van der Waals surface area contributed by atoms with Crippen LogP contribution >= 0.6 is 11.8 Å². The van der Waals surface area contributed by atoms with Gasteiger partial charge in [-0.2, -0.15) is 16.9 Å². The lowest BCUT2D eigenvalue weighted by atomic mass is 10.1. The fraction of sp³-hybridized carbons (Fsp3) is 0.700. The molecule has 76 valence electrons. The van der Waals surface area contributed by atoms with Gasteiger partial charge in [-0.25, -0.2) is 0 Å². The van der Waals surface area contributed by atoms with Crippen LogP contribution in [0.25, 0.3) is 0 Å². The van der Waals surface area contributed by atoms with Crippen LogP contribution in [-0.2, 0) is 6.42 Å². The molecular formula is C10H15N3S. The number of aromatic nitrogens is 2. The highest BCUT2D eigenvalue weighted by atomic mass is 32.2. The fourth-order valence-electron chi connectivity index (χ4n) is 1.79. The Kier molecular flexibility index (Phi) is 1.89. The Morgan fingerprint density at radius 1 is 1.57 bits per heavy atom. The Hall–Kier alpha value is -0.480. The third-order valence-electron chi connectivity index (χ3n) is 3.10. The highest BCUT2D eigenvalue weighted by molar-refractivity contribution is 8.00. The summed E-state index contributed by atoms with van der Waals surface area (Å²) in [7, 11) is 0. The Balaban J connectivity index is 1.70. The van der Waals surface area contributed by atoms with E-state index in [0.29, 0.717) is 6.04 Å². The van der Waals surface area contributed by atoms with Gasteiger partial charge in [0.1, 0.15) is 0 Å². The van der Waals surface area contributed by atoms with Gasteiger partial charge in [-0.15, -0.1) is 0 Å². The Morgan fingerprint density at radius 3 is 2.93 bits per heavy atom. The lowest BCUT2D eigenvalue weighted by Crippen LogP contribution is -2.25. The van der Waals surface area contributed by atoms with Crippen molar-refractivity contribution < 1.29 is 0 Å². The minimum atomic E-state index is 0.113. The summed E-state index contributed by atoms with van der Waals surface area (Å²) in [5.74, 6) is 2.43. The third kappa shape index (κ3) is 1.57. The SMILES string of the molecule is NC1(Cc2cnn(C3CSC3)c2)CC1. The first-order chi connectivity index (χ1) is 6.75. The van der Waals surface area contributed by atoms with E-state index >= 15 is 0 Å². The van der Waals surface area contributed by atoms with E-state index in [2.05, 4.69) is 16.0 Å². The van der Waals surface area contributed by atoms with Crippen molar-refractivity contribution >= 4 is 11.8 Å². The summed E-state index contributed by atoms with van der Waals surface area (Å²) in [5.41, 5.74) is 7.49. The molecule has 2 aliphatic rings. The van der Waals surface area contributed by atoms with Crippen LogP contribution in [0.3, 0.4) is 0 Å². The molecule has 1 aliphatic heterocycles. The zero-order chi connectivity index (χ0) is 9.60. The molecule has 0 bridgehead atoms. The minimum absolute atomic E-state index is 0.113. The van der Waals surface area contributed by atoms with Gasteiger partial charge in [0, 0.05) is 23.2 Å². The molecule has 2 heterocycles. The van der Waals surface area contributed by atoms with E-state index in [9.17, 15) is 0 Å². The monoisotopic (exact) mass is 209 g/mol. The van der Waals surface area contributed by atoms with Crippen LogP contribution in [0.1, 0.15) is 24.4 Å². The van der Waals surface area contributed by atoms with Crippen LogP contribution in [0.4, 0.5) is 0 Å². The summed E-state index contributed by atoms with van der Waals surface area (Å²) in [6, 6.07) is 0.640. The van der Waals surface area contributed by atoms with E-state index in [1.165, 1.54) is 29.9 Å². The zero-order valence-electron chi connectivity index (χ0n) is 8.15. The highest BCUT2D eigenvalue weighted by Gasteiger charge is 2.38. The van der Waals surface area contributed by atoms with E-state index in [4.69, 9.17) is 5.73 Å². The molecule has 3 nitrogen and oxygen atoms in total. The second-order valence-electron chi connectivity index (χ2n) is 4.56. The summed E-state index contributed by atoms with van der Waals surface area (Å²) in [6.07, 6.45) is 7.52. The van der Waals surface area contributed by atoms with Crippen molar-refractivity contribution in [1.29, 1.82) is 0 Å². The number of nitrogens with two attached hydrogens (primary N) is 1. The molecule has 1 aromatic rings. The minimum Gasteiger partial charge on any atom is -0.325 e. The molecule has 0 amide bonds. The number of hydrogen-bond donors (Lipinski definition) is 1. The van der Waals surface area contributed by atoms with Gasteiger partial charge < -0.3 is 5.73 Å². The molecule has 1 saturated heterocycles. The van der Waals surface area contributed by atoms with Crippen molar-refractivity contribution in [3.05, 3.63) is 18.0 Å². The molecular weight excluding hydrogens is 194 g/mol. The largest absolute Gasteiger partial charge is 0.325 e. The number of nitrogens with zero attached hydrogens (tertiary/aromatic N) is 2. The maximum Gasteiger partial charge on any atom is 0.0699 e. The molecule has 2 fully saturated rings. The number of rotatable bonds is 3. The van der Waals surface area contributed by atoms with Crippen LogP contribution in [0.15, 0.2) is 12.4 Å². The molecule has 0 spiro atoms. The number of hydrogen-bond acceptors (Lipinski definition) is 3. The van der Waals surface area contributed by atoms with Crippen LogP contribution in [0, 0.1) is 0 Å². The summed E-state index contributed by atoms with van der Waals surface area (Å²) in [6.45, 7) is 0. The van der Waals surface area contributed by atoms with Crippen molar-refractivity contribution in [1.82, 2.24) is 9.78 Å².